The number of amides is 1. The molecule has 0 spiro atoms. The first-order valence-electron chi connectivity index (χ1n) is 12.0. The molecule has 5 nitrogen and oxygen atoms in total. The number of nitrogens with one attached hydrogen (secondary N) is 1. The van der Waals surface area contributed by atoms with Gasteiger partial charge in [-0.25, -0.2) is 9.07 Å². The molecule has 0 bridgehead atoms. The molecule has 0 aliphatic rings. The van der Waals surface area contributed by atoms with Gasteiger partial charge in [-0.05, 0) is 66.9 Å². The zero-order valence-corrected chi connectivity index (χ0v) is 20.9. The summed E-state index contributed by atoms with van der Waals surface area (Å²) in [5.74, 6) is 0.365. The van der Waals surface area contributed by atoms with Crippen LogP contribution in [0.2, 0.25) is 0 Å². The molecular formula is C30H36FN3O2. The van der Waals surface area contributed by atoms with Crippen molar-refractivity contribution in [3.8, 4) is 11.4 Å². The lowest BCUT2D eigenvalue weighted by atomic mass is 9.94. The Morgan fingerprint density at radius 3 is 2.33 bits per heavy atom. The molecule has 190 valence electrons. The number of fused-ring (bicyclic) bond motifs is 1. The molecule has 1 amide bonds. The van der Waals surface area contributed by atoms with E-state index in [0.29, 0.717) is 5.75 Å². The molecule has 0 saturated carbocycles. The number of hydrogen-bond acceptors (Lipinski definition) is 3. The van der Waals surface area contributed by atoms with E-state index in [-0.39, 0.29) is 31.3 Å². The van der Waals surface area contributed by atoms with Crippen LogP contribution in [0.4, 0.5) is 4.39 Å². The fourth-order valence-electron chi connectivity index (χ4n) is 3.92. The number of ether oxygens (including phenoxy) is 1. The average molecular weight is 490 g/mol. The molecule has 6 heteroatoms. The number of rotatable bonds is 7. The molecule has 4 rings (SSSR count). The molecular weight excluding hydrogens is 453 g/mol. The largest absolute Gasteiger partial charge is 0.484 e. The SMILES string of the molecule is C.CCc1ccc([C@@H](Oc2ccc3c(cnn3-c3ccc(F)cc3)c2)[C@H](C)NC(=O)C(C)(C)C)cc1. The maximum absolute atomic E-state index is 13.3. The first-order chi connectivity index (χ1) is 16.7. The highest BCUT2D eigenvalue weighted by Gasteiger charge is 2.28. The van der Waals surface area contributed by atoms with Crippen molar-refractivity contribution in [2.45, 2.75) is 60.6 Å². The topological polar surface area (TPSA) is 56.1 Å². The number of nitrogens with zero attached hydrogens (tertiary/aromatic N) is 2. The Morgan fingerprint density at radius 1 is 1.06 bits per heavy atom. The van der Waals surface area contributed by atoms with E-state index in [1.54, 1.807) is 23.0 Å². The highest BCUT2D eigenvalue weighted by molar-refractivity contribution is 5.82. The highest BCUT2D eigenvalue weighted by Crippen LogP contribution is 2.30. The average Bonchev–Trinajstić information content (AvgIpc) is 3.25. The Morgan fingerprint density at radius 2 is 1.72 bits per heavy atom. The first kappa shape index (κ1) is 26.9. The molecule has 0 saturated heterocycles. The zero-order valence-electron chi connectivity index (χ0n) is 20.9. The molecule has 2 atom stereocenters. The van der Waals surface area contributed by atoms with Crippen molar-refractivity contribution in [2.24, 2.45) is 5.41 Å². The first-order valence-corrected chi connectivity index (χ1v) is 12.0. The van der Waals surface area contributed by atoms with Gasteiger partial charge in [0.1, 0.15) is 17.7 Å². The lowest BCUT2D eigenvalue weighted by Gasteiger charge is -2.29. The van der Waals surface area contributed by atoms with Crippen LogP contribution in [0, 0.1) is 11.2 Å². The minimum Gasteiger partial charge on any atom is -0.484 e. The minimum absolute atomic E-state index is 0. The molecule has 1 aromatic heterocycles. The van der Waals surface area contributed by atoms with Crippen LogP contribution < -0.4 is 10.1 Å². The Balaban J connectivity index is 0.00000361. The fourth-order valence-corrected chi connectivity index (χ4v) is 3.92. The van der Waals surface area contributed by atoms with Crippen LogP contribution in [-0.4, -0.2) is 21.7 Å². The number of hydrogen-bond donors (Lipinski definition) is 1. The van der Waals surface area contributed by atoms with E-state index in [2.05, 4.69) is 41.6 Å². The maximum Gasteiger partial charge on any atom is 0.225 e. The number of aromatic nitrogens is 2. The summed E-state index contributed by atoms with van der Waals surface area (Å²) in [6.45, 7) is 9.78. The van der Waals surface area contributed by atoms with Gasteiger partial charge in [0.15, 0.2) is 0 Å². The summed E-state index contributed by atoms with van der Waals surface area (Å²) in [5, 5.41) is 8.50. The minimum atomic E-state index is -0.501. The zero-order chi connectivity index (χ0) is 25.2. The molecule has 0 aliphatic carbocycles. The Hall–Kier alpha value is -3.67. The number of halogens is 1. The van der Waals surface area contributed by atoms with Gasteiger partial charge in [-0.15, -0.1) is 0 Å². The maximum atomic E-state index is 13.3. The van der Waals surface area contributed by atoms with Crippen LogP contribution in [0.5, 0.6) is 5.75 Å². The van der Waals surface area contributed by atoms with Crippen LogP contribution in [0.15, 0.2) is 72.9 Å². The van der Waals surface area contributed by atoms with Gasteiger partial charge in [0, 0.05) is 10.8 Å². The molecule has 0 radical (unpaired) electrons. The highest BCUT2D eigenvalue weighted by atomic mass is 19.1. The molecule has 0 unspecified atom stereocenters. The third kappa shape index (κ3) is 5.93. The molecule has 1 heterocycles. The lowest BCUT2D eigenvalue weighted by molar-refractivity contribution is -0.129. The molecule has 4 aromatic rings. The van der Waals surface area contributed by atoms with E-state index in [0.717, 1.165) is 28.6 Å². The van der Waals surface area contributed by atoms with Crippen LogP contribution in [-0.2, 0) is 11.2 Å². The van der Waals surface area contributed by atoms with E-state index in [1.165, 1.54) is 17.7 Å². The second-order valence-electron chi connectivity index (χ2n) is 9.90. The lowest BCUT2D eigenvalue weighted by Crippen LogP contribution is -2.44. The van der Waals surface area contributed by atoms with Crippen LogP contribution in [0.3, 0.4) is 0 Å². The van der Waals surface area contributed by atoms with Gasteiger partial charge < -0.3 is 10.1 Å². The Labute approximate surface area is 213 Å². The molecule has 36 heavy (non-hydrogen) atoms. The van der Waals surface area contributed by atoms with Crippen molar-refractivity contribution in [2.75, 3.05) is 0 Å². The van der Waals surface area contributed by atoms with Crippen molar-refractivity contribution in [3.63, 3.8) is 0 Å². The van der Waals surface area contributed by atoms with E-state index in [4.69, 9.17) is 4.74 Å². The van der Waals surface area contributed by atoms with Crippen LogP contribution in [0.1, 0.15) is 59.3 Å². The molecule has 0 aliphatic heterocycles. The quantitative estimate of drug-likeness (QED) is 0.303. The van der Waals surface area contributed by atoms with Gasteiger partial charge in [-0.2, -0.15) is 5.10 Å². The number of benzene rings is 3. The number of carbonyl (C=O) groups excluding carboxylic acids is 1. The van der Waals surface area contributed by atoms with Gasteiger partial charge in [-0.3, -0.25) is 4.79 Å². The Kier molecular flexibility index (Phi) is 8.18. The van der Waals surface area contributed by atoms with E-state index in [9.17, 15) is 9.18 Å². The standard InChI is InChI=1S/C29H32FN3O2.CH4/c1-6-20-7-9-21(10-8-20)27(19(2)32-28(34)29(3,4)5)35-25-15-16-26-22(17-25)18-31-33(26)24-13-11-23(30)12-14-24;/h7-19,27H,6H2,1-5H3,(H,32,34);1H4/t19-,27-;/m0./s1. The van der Waals surface area contributed by atoms with E-state index < -0.39 is 5.41 Å². The van der Waals surface area contributed by atoms with Crippen molar-refractivity contribution in [1.82, 2.24) is 15.1 Å². The van der Waals surface area contributed by atoms with Gasteiger partial charge in [-0.1, -0.05) is 59.4 Å². The summed E-state index contributed by atoms with van der Waals surface area (Å²) in [7, 11) is 0. The normalized spacial score (nSPS) is 13.1. The van der Waals surface area contributed by atoms with Gasteiger partial charge in [0.25, 0.3) is 0 Å². The smallest absolute Gasteiger partial charge is 0.225 e. The summed E-state index contributed by atoms with van der Waals surface area (Å²) in [4.78, 5) is 12.7. The summed E-state index contributed by atoms with van der Waals surface area (Å²) >= 11 is 0. The van der Waals surface area contributed by atoms with E-state index in [1.807, 2.05) is 45.9 Å². The van der Waals surface area contributed by atoms with Crippen molar-refractivity contribution in [3.05, 3.63) is 89.9 Å². The second kappa shape index (κ2) is 10.9. The van der Waals surface area contributed by atoms with Crippen molar-refractivity contribution in [1.29, 1.82) is 0 Å². The van der Waals surface area contributed by atoms with Gasteiger partial charge in [0.05, 0.1) is 23.4 Å². The van der Waals surface area contributed by atoms with E-state index >= 15 is 0 Å². The predicted molar refractivity (Wildman–Crippen MR) is 144 cm³/mol. The van der Waals surface area contributed by atoms with Crippen molar-refractivity contribution < 1.29 is 13.9 Å². The molecule has 1 N–H and O–H groups in total. The third-order valence-electron chi connectivity index (χ3n) is 6.08. The summed E-state index contributed by atoms with van der Waals surface area (Å²) in [6, 6.07) is 20.1. The van der Waals surface area contributed by atoms with Gasteiger partial charge in [0.2, 0.25) is 5.91 Å². The summed E-state index contributed by atoms with van der Waals surface area (Å²) < 4.78 is 21.6. The summed E-state index contributed by atoms with van der Waals surface area (Å²) in [5.41, 5.74) is 3.41. The second-order valence-corrected chi connectivity index (χ2v) is 9.90. The summed E-state index contributed by atoms with van der Waals surface area (Å²) in [6.07, 6.45) is 2.34. The predicted octanol–water partition coefficient (Wildman–Crippen LogP) is 7.03. The van der Waals surface area contributed by atoms with Crippen LogP contribution in [0.25, 0.3) is 16.6 Å². The fraction of sp³-hybridized carbons (Fsp3) is 0.333. The monoisotopic (exact) mass is 489 g/mol. The van der Waals surface area contributed by atoms with Crippen molar-refractivity contribution >= 4 is 16.8 Å². The Bertz CT molecular complexity index is 1310. The van der Waals surface area contributed by atoms with Gasteiger partial charge >= 0.3 is 0 Å². The number of aryl methyl sites for hydroxylation is 1. The third-order valence-corrected chi connectivity index (χ3v) is 6.08. The molecule has 0 fully saturated rings. The molecule has 3 aromatic carbocycles. The number of carbonyl (C=O) groups is 1. The van der Waals surface area contributed by atoms with Crippen LogP contribution >= 0.6 is 0 Å².